The summed E-state index contributed by atoms with van der Waals surface area (Å²) in [5, 5.41) is 10.7. The van der Waals surface area contributed by atoms with Gasteiger partial charge in [-0.3, -0.25) is 0 Å². The van der Waals surface area contributed by atoms with Crippen LogP contribution in [0.5, 0.6) is 0 Å². The molecular weight excluding hydrogens is 224 g/mol. The number of methoxy groups -OCH3 is 1. The largest absolute Gasteiger partial charge is 0.393 e. The van der Waals surface area contributed by atoms with Gasteiger partial charge in [0, 0.05) is 7.11 Å². The highest BCUT2D eigenvalue weighted by Crippen LogP contribution is 2.47. The fraction of sp³-hybridized carbons (Fsp3) is 1.00. The van der Waals surface area contributed by atoms with Gasteiger partial charge in [-0.15, -0.1) is 0 Å². The third-order valence-electron chi connectivity index (χ3n) is 4.69. The van der Waals surface area contributed by atoms with Gasteiger partial charge in [0.2, 0.25) is 0 Å². The second-order valence-electron chi connectivity index (χ2n) is 7.19. The highest BCUT2D eigenvalue weighted by molar-refractivity contribution is 4.92. The van der Waals surface area contributed by atoms with Crippen molar-refractivity contribution in [3.8, 4) is 0 Å². The minimum absolute atomic E-state index is 0.112. The molecule has 0 saturated heterocycles. The lowest BCUT2D eigenvalue weighted by molar-refractivity contribution is -0.0305. The van der Waals surface area contributed by atoms with Crippen LogP contribution in [0.4, 0.5) is 0 Å². The minimum atomic E-state index is -0.156. The average molecular weight is 256 g/mol. The number of aliphatic hydroxyl groups is 1. The first-order valence-electron chi connectivity index (χ1n) is 7.54. The van der Waals surface area contributed by atoms with E-state index in [1.54, 1.807) is 7.11 Å². The van der Waals surface area contributed by atoms with Crippen LogP contribution in [0.2, 0.25) is 0 Å². The second kappa shape index (κ2) is 6.38. The molecule has 1 fully saturated rings. The zero-order valence-electron chi connectivity index (χ0n) is 13.0. The number of hydrogen-bond acceptors (Lipinski definition) is 2. The van der Waals surface area contributed by atoms with Crippen LogP contribution in [0.1, 0.15) is 72.6 Å². The molecule has 1 N–H and O–H groups in total. The van der Waals surface area contributed by atoms with Gasteiger partial charge in [-0.05, 0) is 57.3 Å². The summed E-state index contributed by atoms with van der Waals surface area (Å²) < 4.78 is 5.45. The second-order valence-corrected chi connectivity index (χ2v) is 7.19. The van der Waals surface area contributed by atoms with Gasteiger partial charge in [0.1, 0.15) is 0 Å². The summed E-state index contributed by atoms with van der Waals surface area (Å²) in [5.74, 6) is 0.674. The molecule has 1 saturated carbocycles. The molecule has 0 heterocycles. The molecule has 18 heavy (non-hydrogen) atoms. The van der Waals surface area contributed by atoms with E-state index in [9.17, 15) is 5.11 Å². The van der Waals surface area contributed by atoms with Crippen LogP contribution in [-0.2, 0) is 4.74 Å². The maximum absolute atomic E-state index is 10.7. The maximum Gasteiger partial charge on any atom is 0.0623 e. The molecule has 0 aromatic heterocycles. The van der Waals surface area contributed by atoms with Crippen LogP contribution >= 0.6 is 0 Å². The molecule has 0 aliphatic heterocycles. The molecule has 0 amide bonds. The third kappa shape index (κ3) is 4.24. The summed E-state index contributed by atoms with van der Waals surface area (Å²) in [5.41, 5.74) is 0.0800. The van der Waals surface area contributed by atoms with Gasteiger partial charge in [-0.2, -0.15) is 0 Å². The molecule has 0 spiro atoms. The van der Waals surface area contributed by atoms with Crippen molar-refractivity contribution in [3.05, 3.63) is 0 Å². The first-order chi connectivity index (χ1) is 8.31. The van der Waals surface area contributed by atoms with Gasteiger partial charge in [0.15, 0.2) is 0 Å². The molecule has 1 unspecified atom stereocenters. The van der Waals surface area contributed by atoms with Crippen LogP contribution in [-0.4, -0.2) is 23.9 Å². The fourth-order valence-corrected chi connectivity index (χ4v) is 3.46. The van der Waals surface area contributed by atoms with Crippen molar-refractivity contribution in [2.45, 2.75) is 84.3 Å². The highest BCUT2D eigenvalue weighted by atomic mass is 16.5. The van der Waals surface area contributed by atoms with E-state index in [0.717, 1.165) is 12.8 Å². The van der Waals surface area contributed by atoms with Crippen molar-refractivity contribution in [2.24, 2.45) is 11.3 Å². The van der Waals surface area contributed by atoms with Crippen molar-refractivity contribution >= 4 is 0 Å². The predicted octanol–water partition coefficient (Wildman–Crippen LogP) is 4.16. The standard InChI is InChI=1S/C16H32O2/c1-13(2)12-16(9-6-7-10-16)14(17)8-11-15(3,4)18-5/h13-14,17H,6-12H2,1-5H3. The van der Waals surface area contributed by atoms with E-state index in [0.29, 0.717) is 5.92 Å². The van der Waals surface area contributed by atoms with Gasteiger partial charge in [-0.25, -0.2) is 0 Å². The first-order valence-corrected chi connectivity index (χ1v) is 7.54. The summed E-state index contributed by atoms with van der Waals surface area (Å²) in [7, 11) is 1.76. The lowest BCUT2D eigenvalue weighted by Crippen LogP contribution is -2.36. The van der Waals surface area contributed by atoms with Crippen LogP contribution in [0, 0.1) is 11.3 Å². The molecule has 0 aromatic rings. The van der Waals surface area contributed by atoms with Crippen LogP contribution in [0.25, 0.3) is 0 Å². The van der Waals surface area contributed by atoms with Crippen molar-refractivity contribution in [2.75, 3.05) is 7.11 Å². The number of rotatable bonds is 7. The van der Waals surface area contributed by atoms with Crippen LogP contribution < -0.4 is 0 Å². The van der Waals surface area contributed by atoms with E-state index in [2.05, 4.69) is 27.7 Å². The van der Waals surface area contributed by atoms with E-state index in [4.69, 9.17) is 4.74 Å². The lowest BCUT2D eigenvalue weighted by Gasteiger charge is -2.37. The monoisotopic (exact) mass is 256 g/mol. The molecule has 2 heteroatoms. The molecule has 1 aliphatic carbocycles. The smallest absolute Gasteiger partial charge is 0.0623 e. The molecule has 0 aromatic carbocycles. The Morgan fingerprint density at radius 1 is 1.22 bits per heavy atom. The minimum Gasteiger partial charge on any atom is -0.393 e. The summed E-state index contributed by atoms with van der Waals surface area (Å²) in [6.45, 7) is 8.74. The average Bonchev–Trinajstić information content (AvgIpc) is 2.75. The fourth-order valence-electron chi connectivity index (χ4n) is 3.46. The van der Waals surface area contributed by atoms with E-state index < -0.39 is 0 Å². The summed E-state index contributed by atoms with van der Waals surface area (Å²) in [6, 6.07) is 0. The first kappa shape index (κ1) is 16.0. The van der Waals surface area contributed by atoms with Gasteiger partial charge >= 0.3 is 0 Å². The zero-order chi connectivity index (χ0) is 13.8. The number of hydrogen-bond donors (Lipinski definition) is 1. The van der Waals surface area contributed by atoms with Crippen molar-refractivity contribution < 1.29 is 9.84 Å². The topological polar surface area (TPSA) is 29.5 Å². The Kier molecular flexibility index (Phi) is 5.67. The Hall–Kier alpha value is -0.0800. The van der Waals surface area contributed by atoms with Crippen molar-refractivity contribution in [1.82, 2.24) is 0 Å². The van der Waals surface area contributed by atoms with Gasteiger partial charge in [0.25, 0.3) is 0 Å². The molecule has 1 atom stereocenters. The summed E-state index contributed by atoms with van der Waals surface area (Å²) in [6.07, 6.45) is 7.81. The quantitative estimate of drug-likeness (QED) is 0.741. The van der Waals surface area contributed by atoms with Crippen molar-refractivity contribution in [3.63, 3.8) is 0 Å². The summed E-state index contributed by atoms with van der Waals surface area (Å²) >= 11 is 0. The Morgan fingerprint density at radius 2 is 1.78 bits per heavy atom. The summed E-state index contributed by atoms with van der Waals surface area (Å²) in [4.78, 5) is 0. The van der Waals surface area contributed by atoms with Crippen molar-refractivity contribution in [1.29, 1.82) is 0 Å². The number of aliphatic hydroxyl groups excluding tert-OH is 1. The van der Waals surface area contributed by atoms with Gasteiger partial charge in [-0.1, -0.05) is 26.7 Å². The zero-order valence-corrected chi connectivity index (χ0v) is 13.0. The highest BCUT2D eigenvalue weighted by Gasteiger charge is 2.41. The van der Waals surface area contributed by atoms with E-state index in [1.165, 1.54) is 32.1 Å². The van der Waals surface area contributed by atoms with E-state index in [-0.39, 0.29) is 17.1 Å². The van der Waals surface area contributed by atoms with E-state index in [1.807, 2.05) is 0 Å². The van der Waals surface area contributed by atoms with E-state index >= 15 is 0 Å². The Labute approximate surface area is 113 Å². The van der Waals surface area contributed by atoms with Crippen LogP contribution in [0.15, 0.2) is 0 Å². The Balaban J connectivity index is 2.58. The maximum atomic E-state index is 10.7. The van der Waals surface area contributed by atoms with Crippen LogP contribution in [0.3, 0.4) is 0 Å². The lowest BCUT2D eigenvalue weighted by atomic mass is 9.72. The molecule has 2 nitrogen and oxygen atoms in total. The molecule has 108 valence electrons. The normalized spacial score (nSPS) is 21.5. The van der Waals surface area contributed by atoms with Gasteiger partial charge in [0.05, 0.1) is 11.7 Å². The molecule has 1 aliphatic rings. The number of ether oxygens (including phenoxy) is 1. The SMILES string of the molecule is COC(C)(C)CCC(O)C1(CC(C)C)CCCC1. The molecule has 1 rings (SSSR count). The van der Waals surface area contributed by atoms with Gasteiger partial charge < -0.3 is 9.84 Å². The molecule has 0 radical (unpaired) electrons. The Bertz CT molecular complexity index is 239. The third-order valence-corrected chi connectivity index (χ3v) is 4.69. The predicted molar refractivity (Wildman–Crippen MR) is 76.7 cm³/mol. The molecule has 0 bridgehead atoms. The molecular formula is C16H32O2. The Morgan fingerprint density at radius 3 is 2.22 bits per heavy atom.